The van der Waals surface area contributed by atoms with Crippen LogP contribution in [0.5, 0.6) is 0 Å². The Labute approximate surface area is 106 Å². The van der Waals surface area contributed by atoms with Crippen LogP contribution in [0.1, 0.15) is 28.8 Å². The summed E-state index contributed by atoms with van der Waals surface area (Å²) < 4.78 is 0. The van der Waals surface area contributed by atoms with Gasteiger partial charge in [-0.25, -0.2) is 0 Å². The summed E-state index contributed by atoms with van der Waals surface area (Å²) in [6.07, 6.45) is 2.07. The number of halogens is 1. The molecule has 3 nitrogen and oxygen atoms in total. The number of amides is 1. The van der Waals surface area contributed by atoms with Gasteiger partial charge in [0, 0.05) is 11.4 Å². The predicted octanol–water partition coefficient (Wildman–Crippen LogP) is 1.96. The summed E-state index contributed by atoms with van der Waals surface area (Å²) in [7, 11) is 0. The predicted molar refractivity (Wildman–Crippen MR) is 69.7 cm³/mol. The summed E-state index contributed by atoms with van der Waals surface area (Å²) in [6.45, 7) is 4.00. The summed E-state index contributed by atoms with van der Waals surface area (Å²) in [5, 5.41) is 10.3. The number of hydrogen-bond acceptors (Lipinski definition) is 3. The smallest absolute Gasteiger partial charge is 0.252 e. The van der Waals surface area contributed by atoms with Gasteiger partial charge in [0.15, 0.2) is 0 Å². The van der Waals surface area contributed by atoms with Crippen LogP contribution >= 0.6 is 23.7 Å². The van der Waals surface area contributed by atoms with Crippen molar-refractivity contribution >= 4 is 29.7 Å². The van der Waals surface area contributed by atoms with E-state index < -0.39 is 0 Å². The maximum atomic E-state index is 11.9. The van der Waals surface area contributed by atoms with E-state index in [1.807, 2.05) is 17.7 Å². The molecule has 0 spiro atoms. The molecule has 1 aromatic heterocycles. The highest BCUT2D eigenvalue weighted by Crippen LogP contribution is 2.14. The highest BCUT2D eigenvalue weighted by Gasteiger charge is 2.17. The van der Waals surface area contributed by atoms with Gasteiger partial charge in [-0.15, -0.1) is 12.4 Å². The normalized spacial score (nSPS) is 16.6. The van der Waals surface area contributed by atoms with Crippen molar-refractivity contribution in [2.45, 2.75) is 25.8 Å². The van der Waals surface area contributed by atoms with Gasteiger partial charge in [-0.3, -0.25) is 4.79 Å². The number of thiophene rings is 1. The van der Waals surface area contributed by atoms with Crippen LogP contribution in [0.15, 0.2) is 10.8 Å². The molecule has 1 saturated heterocycles. The summed E-state index contributed by atoms with van der Waals surface area (Å²) in [5.74, 6) is 0.0839. The average molecular weight is 261 g/mol. The summed E-state index contributed by atoms with van der Waals surface area (Å²) in [5.41, 5.74) is 1.91. The molecule has 0 atom stereocenters. The number of carbonyl (C=O) groups excluding carboxylic acids is 1. The third kappa shape index (κ3) is 3.20. The molecule has 1 aliphatic heterocycles. The van der Waals surface area contributed by atoms with E-state index in [0.29, 0.717) is 6.04 Å². The van der Waals surface area contributed by atoms with Crippen LogP contribution in [0.2, 0.25) is 0 Å². The molecule has 0 unspecified atom stereocenters. The van der Waals surface area contributed by atoms with E-state index >= 15 is 0 Å². The molecule has 1 fully saturated rings. The van der Waals surface area contributed by atoms with Crippen LogP contribution in [0.4, 0.5) is 0 Å². The van der Waals surface area contributed by atoms with Crippen molar-refractivity contribution in [2.75, 3.05) is 13.1 Å². The highest BCUT2D eigenvalue weighted by molar-refractivity contribution is 7.08. The largest absolute Gasteiger partial charge is 0.349 e. The molecule has 0 aliphatic carbocycles. The van der Waals surface area contributed by atoms with Gasteiger partial charge in [0.25, 0.3) is 5.91 Å². The lowest BCUT2D eigenvalue weighted by Crippen LogP contribution is -2.42. The van der Waals surface area contributed by atoms with Gasteiger partial charge < -0.3 is 10.6 Å². The number of piperidine rings is 1. The number of hydrogen-bond donors (Lipinski definition) is 2. The van der Waals surface area contributed by atoms with E-state index in [1.54, 1.807) is 11.3 Å². The lowest BCUT2D eigenvalue weighted by atomic mass is 10.1. The second kappa shape index (κ2) is 6.23. The SMILES string of the molecule is Cc1cscc1C(=O)NC1CCNCC1.Cl. The number of rotatable bonds is 2. The van der Waals surface area contributed by atoms with Crippen molar-refractivity contribution in [3.05, 3.63) is 21.9 Å². The molecule has 16 heavy (non-hydrogen) atoms. The molecule has 90 valence electrons. The van der Waals surface area contributed by atoms with Crippen LogP contribution < -0.4 is 10.6 Å². The zero-order valence-electron chi connectivity index (χ0n) is 9.29. The second-order valence-electron chi connectivity index (χ2n) is 3.97. The maximum Gasteiger partial charge on any atom is 0.252 e. The van der Waals surface area contributed by atoms with Crippen molar-refractivity contribution in [3.8, 4) is 0 Å². The minimum Gasteiger partial charge on any atom is -0.349 e. The summed E-state index contributed by atoms with van der Waals surface area (Å²) in [4.78, 5) is 11.9. The van der Waals surface area contributed by atoms with Crippen LogP contribution in [-0.2, 0) is 0 Å². The molecule has 1 aromatic rings. The highest BCUT2D eigenvalue weighted by atomic mass is 35.5. The Morgan fingerprint density at radius 2 is 2.12 bits per heavy atom. The van der Waals surface area contributed by atoms with Gasteiger partial charge in [-0.2, -0.15) is 11.3 Å². The third-order valence-corrected chi connectivity index (χ3v) is 3.64. The lowest BCUT2D eigenvalue weighted by Gasteiger charge is -2.23. The molecule has 0 bridgehead atoms. The Bertz CT molecular complexity index is 348. The van der Waals surface area contributed by atoms with E-state index in [-0.39, 0.29) is 18.3 Å². The van der Waals surface area contributed by atoms with Gasteiger partial charge in [0.05, 0.1) is 5.56 Å². The first-order chi connectivity index (χ1) is 7.27. The zero-order chi connectivity index (χ0) is 10.7. The fourth-order valence-electron chi connectivity index (χ4n) is 1.82. The minimum absolute atomic E-state index is 0. The van der Waals surface area contributed by atoms with E-state index in [1.165, 1.54) is 0 Å². The molecule has 1 aliphatic rings. The summed E-state index contributed by atoms with van der Waals surface area (Å²) >= 11 is 1.58. The molecular weight excluding hydrogens is 244 g/mol. The van der Waals surface area contributed by atoms with E-state index in [4.69, 9.17) is 0 Å². The van der Waals surface area contributed by atoms with Crippen LogP contribution in [0, 0.1) is 6.92 Å². The van der Waals surface area contributed by atoms with Crippen LogP contribution in [0.25, 0.3) is 0 Å². The Balaban J connectivity index is 0.00000128. The zero-order valence-corrected chi connectivity index (χ0v) is 10.9. The average Bonchev–Trinajstić information content (AvgIpc) is 2.66. The first-order valence-corrected chi connectivity index (χ1v) is 6.26. The first kappa shape index (κ1) is 13.5. The van der Waals surface area contributed by atoms with Crippen molar-refractivity contribution in [1.29, 1.82) is 0 Å². The Morgan fingerprint density at radius 3 is 2.69 bits per heavy atom. The number of aryl methyl sites for hydroxylation is 1. The molecule has 0 saturated carbocycles. The van der Waals surface area contributed by atoms with Crippen LogP contribution in [0.3, 0.4) is 0 Å². The molecular formula is C11H17ClN2OS. The van der Waals surface area contributed by atoms with Gasteiger partial charge in [0.1, 0.15) is 0 Å². The Hall–Kier alpha value is -0.580. The fraction of sp³-hybridized carbons (Fsp3) is 0.545. The quantitative estimate of drug-likeness (QED) is 0.854. The van der Waals surface area contributed by atoms with Gasteiger partial charge in [-0.05, 0) is 43.8 Å². The van der Waals surface area contributed by atoms with Crippen LogP contribution in [-0.4, -0.2) is 25.0 Å². The van der Waals surface area contributed by atoms with Crippen molar-refractivity contribution in [1.82, 2.24) is 10.6 Å². The topological polar surface area (TPSA) is 41.1 Å². The standard InChI is InChI=1S/C11H16N2OS.ClH/c1-8-6-15-7-10(8)11(14)13-9-2-4-12-5-3-9;/h6-7,9,12H,2-5H2,1H3,(H,13,14);1H. The molecule has 0 aromatic carbocycles. The summed E-state index contributed by atoms with van der Waals surface area (Å²) in [6, 6.07) is 0.345. The Morgan fingerprint density at radius 1 is 1.44 bits per heavy atom. The molecule has 2 heterocycles. The molecule has 2 rings (SSSR count). The van der Waals surface area contributed by atoms with Gasteiger partial charge in [-0.1, -0.05) is 0 Å². The fourth-order valence-corrected chi connectivity index (χ4v) is 2.65. The molecule has 5 heteroatoms. The van der Waals surface area contributed by atoms with Crippen molar-refractivity contribution in [3.63, 3.8) is 0 Å². The minimum atomic E-state index is 0. The monoisotopic (exact) mass is 260 g/mol. The number of carbonyl (C=O) groups is 1. The third-order valence-electron chi connectivity index (χ3n) is 2.77. The Kier molecular flexibility index (Phi) is 5.25. The van der Waals surface area contributed by atoms with Gasteiger partial charge >= 0.3 is 0 Å². The number of nitrogens with one attached hydrogen (secondary N) is 2. The maximum absolute atomic E-state index is 11.9. The van der Waals surface area contributed by atoms with Gasteiger partial charge in [0.2, 0.25) is 0 Å². The van der Waals surface area contributed by atoms with E-state index in [0.717, 1.165) is 37.1 Å². The second-order valence-corrected chi connectivity index (χ2v) is 4.71. The molecule has 1 amide bonds. The van der Waals surface area contributed by atoms with E-state index in [9.17, 15) is 4.79 Å². The first-order valence-electron chi connectivity index (χ1n) is 5.32. The van der Waals surface area contributed by atoms with Crippen molar-refractivity contribution in [2.24, 2.45) is 0 Å². The molecule has 0 radical (unpaired) electrons. The lowest BCUT2D eigenvalue weighted by molar-refractivity contribution is 0.0929. The van der Waals surface area contributed by atoms with Crippen molar-refractivity contribution < 1.29 is 4.79 Å². The molecule has 2 N–H and O–H groups in total. The van der Waals surface area contributed by atoms with E-state index in [2.05, 4.69) is 10.6 Å².